The number of aliphatic imine (C=N–C) groups is 1. The number of hydrogen-bond donors (Lipinski definition) is 1. The van der Waals surface area contributed by atoms with E-state index < -0.39 is 0 Å². The van der Waals surface area contributed by atoms with Crippen LogP contribution in [0.15, 0.2) is 23.2 Å². The molecule has 0 bridgehead atoms. The average Bonchev–Trinajstić information content (AvgIpc) is 2.23. The van der Waals surface area contributed by atoms with Crippen LogP contribution in [0.2, 0.25) is 0 Å². The zero-order chi connectivity index (χ0) is 11.1. The summed E-state index contributed by atoms with van der Waals surface area (Å²) in [5.74, 6) is 0. The van der Waals surface area contributed by atoms with Crippen LogP contribution in [-0.2, 0) is 12.8 Å². The van der Waals surface area contributed by atoms with Crippen LogP contribution >= 0.6 is 0 Å². The van der Waals surface area contributed by atoms with Gasteiger partial charge in [0.25, 0.3) is 0 Å². The number of benzene rings is 1. The molecule has 0 aliphatic carbocycles. The summed E-state index contributed by atoms with van der Waals surface area (Å²) in [6.07, 6.45) is 4.27. The van der Waals surface area contributed by atoms with E-state index in [9.17, 15) is 0 Å². The molecule has 0 amide bonds. The monoisotopic (exact) mass is 202 g/mol. The van der Waals surface area contributed by atoms with Gasteiger partial charge in [0.1, 0.15) is 0 Å². The first-order valence-corrected chi connectivity index (χ1v) is 5.56. The van der Waals surface area contributed by atoms with Gasteiger partial charge in [-0.2, -0.15) is 4.99 Å². The smallest absolute Gasteiger partial charge is 0.0918 e. The minimum Gasteiger partial charge on any atom is -0.241 e. The molecule has 1 N–H and O–H groups in total. The standard InChI is InChI=1S/C13H18N2/c1-3-6-11-8-5-9-12(7-4-2)13(11)15-10-14/h5,8-9,14H,3-4,6-7H2,1-2H3. The maximum absolute atomic E-state index is 6.98. The number of aryl methyl sites for hydroxylation is 2. The van der Waals surface area contributed by atoms with Gasteiger partial charge in [-0.1, -0.05) is 44.9 Å². The van der Waals surface area contributed by atoms with E-state index in [-0.39, 0.29) is 0 Å². The van der Waals surface area contributed by atoms with Crippen molar-refractivity contribution in [2.24, 2.45) is 4.99 Å². The molecule has 0 fully saturated rings. The summed E-state index contributed by atoms with van der Waals surface area (Å²) in [7, 11) is 0. The van der Waals surface area contributed by atoms with Crippen molar-refractivity contribution in [1.82, 2.24) is 0 Å². The van der Waals surface area contributed by atoms with Gasteiger partial charge in [-0.15, -0.1) is 0 Å². The lowest BCUT2D eigenvalue weighted by Crippen LogP contribution is -1.90. The van der Waals surface area contributed by atoms with Crippen LogP contribution in [0.3, 0.4) is 0 Å². The van der Waals surface area contributed by atoms with Crippen LogP contribution in [0.5, 0.6) is 0 Å². The van der Waals surface area contributed by atoms with Gasteiger partial charge in [0.15, 0.2) is 0 Å². The van der Waals surface area contributed by atoms with Gasteiger partial charge < -0.3 is 0 Å². The van der Waals surface area contributed by atoms with E-state index in [1.54, 1.807) is 0 Å². The van der Waals surface area contributed by atoms with Gasteiger partial charge in [0.05, 0.1) is 11.7 Å². The first-order chi connectivity index (χ1) is 7.33. The molecule has 0 saturated heterocycles. The van der Waals surface area contributed by atoms with Crippen LogP contribution < -0.4 is 0 Å². The second-order valence-electron chi connectivity index (χ2n) is 3.65. The Kier molecular flexibility index (Phi) is 4.79. The van der Waals surface area contributed by atoms with Crippen molar-refractivity contribution in [2.75, 3.05) is 0 Å². The zero-order valence-electron chi connectivity index (χ0n) is 9.51. The highest BCUT2D eigenvalue weighted by Crippen LogP contribution is 2.26. The highest BCUT2D eigenvalue weighted by atomic mass is 14.7. The van der Waals surface area contributed by atoms with Crippen LogP contribution in [0.4, 0.5) is 5.69 Å². The minimum absolute atomic E-state index is 0.969. The van der Waals surface area contributed by atoms with E-state index in [1.807, 2.05) is 0 Å². The van der Waals surface area contributed by atoms with Crippen molar-refractivity contribution in [1.29, 1.82) is 5.41 Å². The summed E-state index contributed by atoms with van der Waals surface area (Å²) >= 11 is 0. The van der Waals surface area contributed by atoms with Gasteiger partial charge in [0, 0.05) is 0 Å². The van der Waals surface area contributed by atoms with Crippen LogP contribution in [-0.4, -0.2) is 6.01 Å². The second-order valence-corrected chi connectivity index (χ2v) is 3.65. The highest BCUT2D eigenvalue weighted by molar-refractivity contribution is 5.59. The number of para-hydroxylation sites is 1. The second kappa shape index (κ2) is 6.15. The number of nitrogens with zero attached hydrogens (tertiary/aromatic N) is 1. The molecule has 0 aromatic heterocycles. The SMILES string of the molecule is CCCc1cccc(CCC)c1N=C=N. The average molecular weight is 202 g/mol. The molecule has 0 saturated carbocycles. The summed E-state index contributed by atoms with van der Waals surface area (Å²) in [4.78, 5) is 4.06. The van der Waals surface area contributed by atoms with Crippen molar-refractivity contribution >= 4 is 11.7 Å². The molecular weight excluding hydrogens is 184 g/mol. The molecule has 0 unspecified atom stereocenters. The Labute approximate surface area is 91.6 Å². The summed E-state index contributed by atoms with van der Waals surface area (Å²) < 4.78 is 0. The van der Waals surface area contributed by atoms with E-state index in [0.29, 0.717) is 0 Å². The highest BCUT2D eigenvalue weighted by Gasteiger charge is 2.05. The van der Waals surface area contributed by atoms with E-state index in [2.05, 4.69) is 43.0 Å². The van der Waals surface area contributed by atoms with E-state index in [4.69, 9.17) is 5.41 Å². The third-order valence-electron chi connectivity index (χ3n) is 2.41. The van der Waals surface area contributed by atoms with Gasteiger partial charge in [-0.05, 0) is 24.0 Å². The maximum atomic E-state index is 6.98. The Hall–Kier alpha value is -1.40. The molecule has 0 radical (unpaired) electrons. The predicted octanol–water partition coefficient (Wildman–Crippen LogP) is 3.98. The lowest BCUT2D eigenvalue weighted by atomic mass is 10.0. The van der Waals surface area contributed by atoms with Gasteiger partial charge >= 0.3 is 0 Å². The lowest BCUT2D eigenvalue weighted by molar-refractivity contribution is 0.895. The fourth-order valence-electron chi connectivity index (χ4n) is 1.79. The molecule has 0 aliphatic rings. The first-order valence-electron chi connectivity index (χ1n) is 5.56. The molecular formula is C13H18N2. The molecule has 1 aromatic rings. The lowest BCUT2D eigenvalue weighted by Gasteiger charge is -2.08. The van der Waals surface area contributed by atoms with Crippen molar-refractivity contribution < 1.29 is 0 Å². The van der Waals surface area contributed by atoms with E-state index in [1.165, 1.54) is 11.1 Å². The zero-order valence-corrected chi connectivity index (χ0v) is 9.51. The fraction of sp³-hybridized carbons (Fsp3) is 0.462. The number of rotatable bonds is 5. The van der Waals surface area contributed by atoms with Crippen LogP contribution in [0, 0.1) is 5.41 Å². The fourth-order valence-corrected chi connectivity index (χ4v) is 1.79. The maximum Gasteiger partial charge on any atom is 0.0918 e. The van der Waals surface area contributed by atoms with Crippen LogP contribution in [0.25, 0.3) is 0 Å². The van der Waals surface area contributed by atoms with Crippen molar-refractivity contribution in [3.8, 4) is 0 Å². The third kappa shape index (κ3) is 3.03. The Morgan fingerprint density at radius 3 is 2.07 bits per heavy atom. The van der Waals surface area contributed by atoms with Crippen molar-refractivity contribution in [3.63, 3.8) is 0 Å². The Balaban J connectivity index is 3.14. The summed E-state index contributed by atoms with van der Waals surface area (Å²) in [6.45, 7) is 4.31. The number of nitrogens with one attached hydrogen (secondary N) is 1. The largest absolute Gasteiger partial charge is 0.241 e. The van der Waals surface area contributed by atoms with Gasteiger partial charge in [0.2, 0.25) is 0 Å². The van der Waals surface area contributed by atoms with Crippen molar-refractivity contribution in [3.05, 3.63) is 29.3 Å². The molecule has 0 spiro atoms. The van der Waals surface area contributed by atoms with E-state index >= 15 is 0 Å². The molecule has 2 heteroatoms. The molecule has 80 valence electrons. The van der Waals surface area contributed by atoms with Gasteiger partial charge in [-0.3, -0.25) is 0 Å². The van der Waals surface area contributed by atoms with Crippen molar-refractivity contribution in [2.45, 2.75) is 39.5 Å². The minimum atomic E-state index is 0.969. The molecule has 2 nitrogen and oxygen atoms in total. The Bertz CT molecular complexity index is 339. The van der Waals surface area contributed by atoms with Gasteiger partial charge in [-0.25, -0.2) is 5.41 Å². The quantitative estimate of drug-likeness (QED) is 0.701. The normalized spacial score (nSPS) is 9.73. The molecule has 1 rings (SSSR count). The third-order valence-corrected chi connectivity index (χ3v) is 2.41. The molecule has 0 aliphatic heterocycles. The number of hydrogen-bond acceptors (Lipinski definition) is 2. The molecule has 1 aromatic carbocycles. The summed E-state index contributed by atoms with van der Waals surface area (Å²) in [6, 6.07) is 8.43. The van der Waals surface area contributed by atoms with E-state index in [0.717, 1.165) is 31.4 Å². The summed E-state index contributed by atoms with van der Waals surface area (Å²) in [5, 5.41) is 6.98. The molecule has 15 heavy (non-hydrogen) atoms. The summed E-state index contributed by atoms with van der Waals surface area (Å²) in [5.41, 5.74) is 3.45. The molecule has 0 heterocycles. The first kappa shape index (κ1) is 11.7. The Morgan fingerprint density at radius 2 is 1.67 bits per heavy atom. The van der Waals surface area contributed by atoms with Crippen LogP contribution in [0.1, 0.15) is 37.8 Å². The topological polar surface area (TPSA) is 36.2 Å². The predicted molar refractivity (Wildman–Crippen MR) is 64.2 cm³/mol. The Morgan fingerprint density at radius 1 is 1.13 bits per heavy atom. The molecule has 0 atom stereocenters.